The van der Waals surface area contributed by atoms with E-state index in [0.717, 1.165) is 6.54 Å². The Morgan fingerprint density at radius 2 is 1.33 bits per heavy atom. The lowest BCUT2D eigenvalue weighted by atomic mass is 9.90. The van der Waals surface area contributed by atoms with Gasteiger partial charge >= 0.3 is 0 Å². The molecule has 3 aromatic carbocycles. The first-order chi connectivity index (χ1) is 14.9. The van der Waals surface area contributed by atoms with Crippen molar-refractivity contribution in [2.24, 2.45) is 0 Å². The van der Waals surface area contributed by atoms with Crippen LogP contribution >= 0.6 is 0 Å². The molecule has 0 spiro atoms. The van der Waals surface area contributed by atoms with E-state index < -0.39 is 0 Å². The third-order valence-electron chi connectivity index (χ3n) is 5.22. The van der Waals surface area contributed by atoms with E-state index in [1.54, 1.807) is 6.20 Å². The van der Waals surface area contributed by atoms with Crippen LogP contribution in [0.2, 0.25) is 0 Å². The molecule has 0 fully saturated rings. The minimum absolute atomic E-state index is 0.663. The molecular formula is C25H21N5. The maximum Gasteiger partial charge on any atom is 0.0949 e. The van der Waals surface area contributed by atoms with Gasteiger partial charge < -0.3 is 4.57 Å². The van der Waals surface area contributed by atoms with Gasteiger partial charge in [0.15, 0.2) is 0 Å². The van der Waals surface area contributed by atoms with Crippen molar-refractivity contribution in [1.29, 1.82) is 0 Å². The number of imidazole rings is 1. The Morgan fingerprint density at radius 1 is 0.667 bits per heavy atom. The number of aromatic nitrogens is 5. The maximum absolute atomic E-state index is 4.21. The first-order valence-corrected chi connectivity index (χ1v) is 9.93. The largest absolute Gasteiger partial charge is 0.333 e. The summed E-state index contributed by atoms with van der Waals surface area (Å²) in [5.41, 5.74) is 7.29. The second kappa shape index (κ2) is 8.17. The summed E-state index contributed by atoms with van der Waals surface area (Å²) in [6.07, 6.45) is 9.28. The van der Waals surface area contributed by atoms with Crippen molar-refractivity contribution in [3.05, 3.63) is 115 Å². The highest BCUT2D eigenvalue weighted by Gasteiger charge is 2.14. The Balaban J connectivity index is 1.70. The third kappa shape index (κ3) is 3.78. The van der Waals surface area contributed by atoms with Gasteiger partial charge in [-0.3, -0.25) is 0 Å². The molecule has 2 heterocycles. The van der Waals surface area contributed by atoms with E-state index in [0.29, 0.717) is 6.54 Å². The lowest BCUT2D eigenvalue weighted by molar-refractivity contribution is 0.649. The standard InChI is InChI=1S/C25H21N5/c1-3-7-20(8-4-1)24-16-25(21-9-5-2-6-10-21)23(18-30-14-12-27-28-30)15-22(24)17-29-13-11-26-19-29/h1-16,19H,17-18H2. The summed E-state index contributed by atoms with van der Waals surface area (Å²) in [6.45, 7) is 1.42. The number of hydrogen-bond acceptors (Lipinski definition) is 3. The van der Waals surface area contributed by atoms with Crippen LogP contribution in [-0.4, -0.2) is 24.5 Å². The lowest BCUT2D eigenvalue weighted by Gasteiger charge is -2.18. The van der Waals surface area contributed by atoms with Gasteiger partial charge in [-0.1, -0.05) is 71.9 Å². The van der Waals surface area contributed by atoms with Crippen LogP contribution in [0.5, 0.6) is 0 Å². The minimum atomic E-state index is 0.663. The van der Waals surface area contributed by atoms with Gasteiger partial charge in [-0.15, -0.1) is 5.10 Å². The van der Waals surface area contributed by atoms with Gasteiger partial charge in [0, 0.05) is 25.1 Å². The van der Waals surface area contributed by atoms with Gasteiger partial charge in [0.25, 0.3) is 0 Å². The van der Waals surface area contributed by atoms with Gasteiger partial charge in [0.2, 0.25) is 0 Å². The molecule has 0 aliphatic rings. The topological polar surface area (TPSA) is 48.5 Å². The Labute approximate surface area is 175 Å². The highest BCUT2D eigenvalue weighted by Crippen LogP contribution is 2.33. The molecule has 0 bridgehead atoms. The normalized spacial score (nSPS) is 10.9. The smallest absolute Gasteiger partial charge is 0.0949 e. The zero-order valence-electron chi connectivity index (χ0n) is 16.5. The van der Waals surface area contributed by atoms with Gasteiger partial charge in [0.05, 0.1) is 19.1 Å². The van der Waals surface area contributed by atoms with E-state index in [1.807, 2.05) is 35.7 Å². The van der Waals surface area contributed by atoms with Crippen LogP contribution in [0.1, 0.15) is 11.1 Å². The summed E-state index contributed by atoms with van der Waals surface area (Å²) in [5.74, 6) is 0. The SMILES string of the molecule is c1ccc(-c2cc(-c3ccccc3)c(Cn3ccnn3)cc2Cn2ccnc2)cc1. The van der Waals surface area contributed by atoms with Crippen LogP contribution in [0.3, 0.4) is 0 Å². The molecule has 0 unspecified atom stereocenters. The van der Waals surface area contributed by atoms with E-state index >= 15 is 0 Å². The highest BCUT2D eigenvalue weighted by atomic mass is 15.4. The summed E-state index contributed by atoms with van der Waals surface area (Å²) in [5, 5.41) is 8.15. The number of benzene rings is 3. The van der Waals surface area contributed by atoms with Crippen LogP contribution in [0.4, 0.5) is 0 Å². The molecule has 0 radical (unpaired) electrons. The third-order valence-corrected chi connectivity index (χ3v) is 5.22. The van der Waals surface area contributed by atoms with Crippen LogP contribution in [0.25, 0.3) is 22.3 Å². The fraction of sp³-hybridized carbons (Fsp3) is 0.0800. The average molecular weight is 391 g/mol. The van der Waals surface area contributed by atoms with E-state index in [4.69, 9.17) is 0 Å². The molecule has 5 heteroatoms. The predicted molar refractivity (Wildman–Crippen MR) is 118 cm³/mol. The minimum Gasteiger partial charge on any atom is -0.333 e. The molecule has 0 saturated carbocycles. The summed E-state index contributed by atoms with van der Waals surface area (Å²) in [7, 11) is 0. The van der Waals surface area contributed by atoms with Gasteiger partial charge in [-0.25, -0.2) is 9.67 Å². The van der Waals surface area contributed by atoms with Crippen molar-refractivity contribution in [1.82, 2.24) is 24.5 Å². The van der Waals surface area contributed by atoms with Crippen molar-refractivity contribution in [3.8, 4) is 22.3 Å². The van der Waals surface area contributed by atoms with E-state index in [9.17, 15) is 0 Å². The summed E-state index contributed by atoms with van der Waals surface area (Å²) in [4.78, 5) is 4.21. The number of nitrogens with zero attached hydrogens (tertiary/aromatic N) is 5. The van der Waals surface area contributed by atoms with Crippen molar-refractivity contribution < 1.29 is 0 Å². The molecule has 5 nitrogen and oxygen atoms in total. The first-order valence-electron chi connectivity index (χ1n) is 9.93. The zero-order valence-corrected chi connectivity index (χ0v) is 16.5. The molecule has 5 aromatic rings. The average Bonchev–Trinajstić information content (AvgIpc) is 3.50. The van der Waals surface area contributed by atoms with E-state index in [-0.39, 0.29) is 0 Å². The van der Waals surface area contributed by atoms with Crippen LogP contribution in [-0.2, 0) is 13.1 Å². The summed E-state index contributed by atoms with van der Waals surface area (Å²) in [6, 6.07) is 25.7. The Morgan fingerprint density at radius 3 is 1.90 bits per heavy atom. The maximum atomic E-state index is 4.21. The van der Waals surface area contributed by atoms with Gasteiger partial charge in [-0.2, -0.15) is 0 Å². The fourth-order valence-electron chi connectivity index (χ4n) is 3.80. The molecule has 0 saturated heterocycles. The summed E-state index contributed by atoms with van der Waals surface area (Å²) >= 11 is 0. The molecule has 0 aliphatic carbocycles. The van der Waals surface area contributed by atoms with E-state index in [2.05, 4.69) is 86.6 Å². The van der Waals surface area contributed by atoms with Crippen molar-refractivity contribution in [2.45, 2.75) is 13.1 Å². The molecular weight excluding hydrogens is 370 g/mol. The molecule has 0 atom stereocenters. The predicted octanol–water partition coefficient (Wildman–Crippen LogP) is 4.91. The monoisotopic (exact) mass is 391 g/mol. The number of hydrogen-bond donors (Lipinski definition) is 0. The van der Waals surface area contributed by atoms with Crippen molar-refractivity contribution >= 4 is 0 Å². The van der Waals surface area contributed by atoms with E-state index in [1.165, 1.54) is 33.4 Å². The Kier molecular flexibility index (Phi) is 4.92. The highest BCUT2D eigenvalue weighted by molar-refractivity contribution is 5.78. The van der Waals surface area contributed by atoms with Crippen LogP contribution in [0, 0.1) is 0 Å². The van der Waals surface area contributed by atoms with Crippen LogP contribution in [0.15, 0.2) is 104 Å². The molecule has 0 aliphatic heterocycles. The Hall–Kier alpha value is -3.99. The summed E-state index contributed by atoms with van der Waals surface area (Å²) < 4.78 is 3.97. The molecule has 146 valence electrons. The fourth-order valence-corrected chi connectivity index (χ4v) is 3.80. The molecule has 2 aromatic heterocycles. The lowest BCUT2D eigenvalue weighted by Crippen LogP contribution is -2.06. The molecule has 0 N–H and O–H groups in total. The van der Waals surface area contributed by atoms with Crippen LogP contribution < -0.4 is 0 Å². The number of rotatable bonds is 6. The molecule has 30 heavy (non-hydrogen) atoms. The first kappa shape index (κ1) is 18.1. The Bertz CT molecular complexity index is 1120. The second-order valence-electron chi connectivity index (χ2n) is 7.23. The van der Waals surface area contributed by atoms with Crippen molar-refractivity contribution in [3.63, 3.8) is 0 Å². The second-order valence-corrected chi connectivity index (χ2v) is 7.23. The zero-order chi connectivity index (χ0) is 20.2. The van der Waals surface area contributed by atoms with Crippen molar-refractivity contribution in [2.75, 3.05) is 0 Å². The van der Waals surface area contributed by atoms with Gasteiger partial charge in [-0.05, 0) is 39.4 Å². The molecule has 0 amide bonds. The van der Waals surface area contributed by atoms with Gasteiger partial charge in [0.1, 0.15) is 0 Å². The molecule has 5 rings (SSSR count). The quantitative estimate of drug-likeness (QED) is 0.413.